The summed E-state index contributed by atoms with van der Waals surface area (Å²) in [6, 6.07) is 18.0. The number of methoxy groups -OCH3 is 1. The molecule has 0 spiro atoms. The lowest BCUT2D eigenvalue weighted by Crippen LogP contribution is -2.28. The first-order valence-electron chi connectivity index (χ1n) is 9.69. The second-order valence-electron chi connectivity index (χ2n) is 7.22. The van der Waals surface area contributed by atoms with E-state index in [1.807, 2.05) is 43.4 Å². The number of benzene rings is 2. The Bertz CT molecular complexity index is 996. The van der Waals surface area contributed by atoms with E-state index in [0.29, 0.717) is 18.1 Å². The van der Waals surface area contributed by atoms with Crippen LogP contribution in [-0.4, -0.2) is 43.0 Å². The summed E-state index contributed by atoms with van der Waals surface area (Å²) >= 11 is 0. The largest absolute Gasteiger partial charge is 0.481 e. The summed E-state index contributed by atoms with van der Waals surface area (Å²) in [7, 11) is 3.41. The van der Waals surface area contributed by atoms with E-state index in [2.05, 4.69) is 28.1 Å². The lowest BCUT2D eigenvalue weighted by atomic mass is 10.1. The fraction of sp³-hybridized carbons (Fsp3) is 0.304. The van der Waals surface area contributed by atoms with Crippen LogP contribution >= 0.6 is 0 Å². The molecule has 1 aromatic heterocycles. The molecule has 0 N–H and O–H groups in total. The fourth-order valence-electron chi connectivity index (χ4n) is 3.87. The molecule has 0 bridgehead atoms. The molecule has 3 aromatic rings. The van der Waals surface area contributed by atoms with Crippen molar-refractivity contribution in [3.05, 3.63) is 65.9 Å². The van der Waals surface area contributed by atoms with E-state index < -0.39 is 0 Å². The Morgan fingerprint density at radius 3 is 2.61 bits per heavy atom. The van der Waals surface area contributed by atoms with E-state index in [-0.39, 0.29) is 5.91 Å². The summed E-state index contributed by atoms with van der Waals surface area (Å²) in [5.41, 5.74) is 2.79. The minimum Gasteiger partial charge on any atom is -0.481 e. The molecule has 1 aliphatic rings. The van der Waals surface area contributed by atoms with Crippen LogP contribution in [0.4, 0.5) is 5.69 Å². The van der Waals surface area contributed by atoms with E-state index in [4.69, 9.17) is 4.74 Å². The maximum absolute atomic E-state index is 13.1. The third-order valence-corrected chi connectivity index (χ3v) is 5.31. The number of rotatable bonds is 5. The van der Waals surface area contributed by atoms with Gasteiger partial charge in [0.2, 0.25) is 5.88 Å². The lowest BCUT2D eigenvalue weighted by Gasteiger charge is -2.24. The van der Waals surface area contributed by atoms with Gasteiger partial charge in [0.05, 0.1) is 7.11 Å². The van der Waals surface area contributed by atoms with E-state index in [0.717, 1.165) is 29.4 Å². The molecular formula is C23H25N3O2. The summed E-state index contributed by atoms with van der Waals surface area (Å²) in [4.78, 5) is 21.7. The molecule has 1 saturated heterocycles. The normalized spacial score (nSPS) is 13.7. The van der Waals surface area contributed by atoms with Crippen molar-refractivity contribution < 1.29 is 9.53 Å². The number of hydrogen-bond donors (Lipinski definition) is 0. The predicted molar refractivity (Wildman–Crippen MR) is 112 cm³/mol. The highest BCUT2D eigenvalue weighted by atomic mass is 16.5. The number of amides is 1. The van der Waals surface area contributed by atoms with Gasteiger partial charge in [-0.2, -0.15) is 0 Å². The van der Waals surface area contributed by atoms with Crippen LogP contribution in [0.1, 0.15) is 28.9 Å². The second-order valence-corrected chi connectivity index (χ2v) is 7.22. The van der Waals surface area contributed by atoms with Crippen LogP contribution in [-0.2, 0) is 6.54 Å². The first-order valence-corrected chi connectivity index (χ1v) is 9.69. The van der Waals surface area contributed by atoms with Crippen LogP contribution in [0.15, 0.2) is 54.6 Å². The summed E-state index contributed by atoms with van der Waals surface area (Å²) in [5, 5.41) is 1.85. The van der Waals surface area contributed by atoms with Crippen LogP contribution < -0.4 is 9.64 Å². The van der Waals surface area contributed by atoms with Crippen molar-refractivity contribution in [3.63, 3.8) is 0 Å². The number of fused-ring (bicyclic) bond motifs is 1. The van der Waals surface area contributed by atoms with E-state index in [9.17, 15) is 4.79 Å². The molecule has 2 heterocycles. The number of ether oxygens (including phenoxy) is 1. The quantitative estimate of drug-likeness (QED) is 0.673. The molecule has 5 nitrogen and oxygen atoms in total. The van der Waals surface area contributed by atoms with Gasteiger partial charge in [0.1, 0.15) is 5.69 Å². The number of aromatic nitrogens is 1. The van der Waals surface area contributed by atoms with Gasteiger partial charge in [0, 0.05) is 37.8 Å². The molecule has 0 atom stereocenters. The predicted octanol–water partition coefficient (Wildman–Crippen LogP) is 4.12. The third kappa shape index (κ3) is 3.52. The fourth-order valence-corrected chi connectivity index (χ4v) is 3.87. The molecule has 1 aliphatic heterocycles. The Labute approximate surface area is 165 Å². The first-order chi connectivity index (χ1) is 13.7. The summed E-state index contributed by atoms with van der Waals surface area (Å²) < 4.78 is 5.41. The highest BCUT2D eigenvalue weighted by molar-refractivity contribution is 5.98. The minimum atomic E-state index is -0.111. The van der Waals surface area contributed by atoms with Crippen molar-refractivity contribution in [3.8, 4) is 5.88 Å². The molecule has 5 heteroatoms. The third-order valence-electron chi connectivity index (χ3n) is 5.31. The summed E-state index contributed by atoms with van der Waals surface area (Å²) in [5.74, 6) is 0.368. The highest BCUT2D eigenvalue weighted by Crippen LogP contribution is 2.27. The first kappa shape index (κ1) is 18.3. The monoisotopic (exact) mass is 375 g/mol. The van der Waals surface area contributed by atoms with Crippen LogP contribution in [0.2, 0.25) is 0 Å². The Kier molecular flexibility index (Phi) is 5.15. The van der Waals surface area contributed by atoms with Crippen LogP contribution in [0.3, 0.4) is 0 Å². The number of pyridine rings is 1. The maximum Gasteiger partial charge on any atom is 0.272 e. The van der Waals surface area contributed by atoms with Crippen molar-refractivity contribution in [2.75, 3.05) is 32.1 Å². The van der Waals surface area contributed by atoms with Crippen LogP contribution in [0.5, 0.6) is 5.88 Å². The van der Waals surface area contributed by atoms with Gasteiger partial charge >= 0.3 is 0 Å². The van der Waals surface area contributed by atoms with Crippen LogP contribution in [0, 0.1) is 0 Å². The number of nitrogens with zero attached hydrogens (tertiary/aromatic N) is 3. The van der Waals surface area contributed by atoms with E-state index in [1.54, 1.807) is 12.0 Å². The number of carbonyl (C=O) groups is 1. The van der Waals surface area contributed by atoms with E-state index in [1.165, 1.54) is 18.5 Å². The number of carbonyl (C=O) groups excluding carboxylic acids is 1. The average molecular weight is 375 g/mol. The van der Waals surface area contributed by atoms with Crippen molar-refractivity contribution in [2.45, 2.75) is 19.4 Å². The SMILES string of the molecule is COc1nc(C(=O)N(C)Cc2ccccc2N2CCCC2)cc2ccccc12. The Hall–Kier alpha value is -3.08. The molecule has 0 saturated carbocycles. The van der Waals surface area contributed by atoms with Gasteiger partial charge in [0.15, 0.2) is 0 Å². The zero-order chi connectivity index (χ0) is 19.5. The zero-order valence-electron chi connectivity index (χ0n) is 16.4. The highest BCUT2D eigenvalue weighted by Gasteiger charge is 2.20. The molecule has 144 valence electrons. The zero-order valence-corrected chi connectivity index (χ0v) is 16.4. The smallest absolute Gasteiger partial charge is 0.272 e. The Morgan fingerprint density at radius 1 is 1.11 bits per heavy atom. The molecule has 0 radical (unpaired) electrons. The Morgan fingerprint density at radius 2 is 1.82 bits per heavy atom. The lowest BCUT2D eigenvalue weighted by molar-refractivity contribution is 0.0779. The van der Waals surface area contributed by atoms with Crippen molar-refractivity contribution in [1.82, 2.24) is 9.88 Å². The van der Waals surface area contributed by atoms with Gasteiger partial charge in [-0.05, 0) is 42.0 Å². The average Bonchev–Trinajstić information content (AvgIpc) is 3.27. The molecule has 1 fully saturated rings. The van der Waals surface area contributed by atoms with Crippen molar-refractivity contribution >= 4 is 22.4 Å². The standard InChI is InChI=1S/C23H25N3O2/c1-25(16-18-10-4-6-12-21(18)26-13-7-8-14-26)23(27)20-15-17-9-3-5-11-19(17)22(24-20)28-2/h3-6,9-12,15H,7-8,13-14,16H2,1-2H3. The summed E-state index contributed by atoms with van der Waals surface area (Å²) in [6.45, 7) is 2.71. The number of anilines is 1. The molecule has 28 heavy (non-hydrogen) atoms. The molecule has 2 aromatic carbocycles. The molecule has 0 aliphatic carbocycles. The van der Waals surface area contributed by atoms with Gasteiger partial charge in [-0.1, -0.05) is 36.4 Å². The molecule has 4 rings (SSSR count). The van der Waals surface area contributed by atoms with Crippen molar-refractivity contribution in [2.24, 2.45) is 0 Å². The maximum atomic E-state index is 13.1. The minimum absolute atomic E-state index is 0.111. The number of hydrogen-bond acceptors (Lipinski definition) is 4. The van der Waals surface area contributed by atoms with Crippen LogP contribution in [0.25, 0.3) is 10.8 Å². The topological polar surface area (TPSA) is 45.7 Å². The second kappa shape index (κ2) is 7.89. The van der Waals surface area contributed by atoms with Gasteiger partial charge in [-0.3, -0.25) is 4.79 Å². The van der Waals surface area contributed by atoms with E-state index >= 15 is 0 Å². The van der Waals surface area contributed by atoms with Gasteiger partial charge in [0.25, 0.3) is 5.91 Å². The number of para-hydroxylation sites is 1. The molecule has 1 amide bonds. The van der Waals surface area contributed by atoms with Crippen molar-refractivity contribution in [1.29, 1.82) is 0 Å². The van der Waals surface area contributed by atoms with Gasteiger partial charge < -0.3 is 14.5 Å². The molecular weight excluding hydrogens is 350 g/mol. The Balaban J connectivity index is 1.60. The van der Waals surface area contributed by atoms with Gasteiger partial charge in [-0.15, -0.1) is 0 Å². The van der Waals surface area contributed by atoms with Gasteiger partial charge in [-0.25, -0.2) is 4.98 Å². The molecule has 0 unspecified atom stereocenters. The summed E-state index contributed by atoms with van der Waals surface area (Å²) in [6.07, 6.45) is 2.45.